The zero-order chi connectivity index (χ0) is 15.4. The van der Waals surface area contributed by atoms with Gasteiger partial charge >= 0.3 is 0 Å². The van der Waals surface area contributed by atoms with Crippen molar-refractivity contribution in [3.63, 3.8) is 0 Å². The summed E-state index contributed by atoms with van der Waals surface area (Å²) in [5, 5.41) is 3.37. The van der Waals surface area contributed by atoms with E-state index in [9.17, 15) is 8.78 Å². The van der Waals surface area contributed by atoms with Gasteiger partial charge in [0.2, 0.25) is 0 Å². The Hall–Kier alpha value is -1.74. The molecule has 1 atom stereocenters. The Morgan fingerprint density at radius 1 is 1.05 bits per heavy atom. The summed E-state index contributed by atoms with van der Waals surface area (Å²) in [5.41, 5.74) is 3.90. The van der Waals surface area contributed by atoms with Gasteiger partial charge in [0.05, 0.1) is 0 Å². The Morgan fingerprint density at radius 3 is 2.48 bits per heavy atom. The van der Waals surface area contributed by atoms with Crippen LogP contribution in [0.1, 0.15) is 35.2 Å². The van der Waals surface area contributed by atoms with Crippen LogP contribution in [0.5, 0.6) is 0 Å². The number of hydrogen-bond acceptors (Lipinski definition) is 1. The molecule has 0 aliphatic rings. The molecule has 0 bridgehead atoms. The summed E-state index contributed by atoms with van der Waals surface area (Å²) in [6.07, 6.45) is 0.432. The lowest BCUT2D eigenvalue weighted by atomic mass is 9.94. The number of rotatable bonds is 5. The first-order chi connectivity index (χ1) is 10.0. The van der Waals surface area contributed by atoms with Gasteiger partial charge in [-0.25, -0.2) is 8.78 Å². The molecule has 2 rings (SSSR count). The standard InChI is InChI=1S/C18H21F2N/c1-4-21-18(16-7-5-12(2)9-13(16)3)11-14-10-15(19)6-8-17(14)20/h5-10,18,21H,4,11H2,1-3H3. The molecule has 0 saturated carbocycles. The molecule has 0 heterocycles. The van der Waals surface area contributed by atoms with Crippen molar-refractivity contribution in [2.45, 2.75) is 33.2 Å². The number of aryl methyl sites for hydroxylation is 2. The van der Waals surface area contributed by atoms with E-state index >= 15 is 0 Å². The minimum atomic E-state index is -0.401. The van der Waals surface area contributed by atoms with E-state index in [0.717, 1.165) is 23.7 Å². The van der Waals surface area contributed by atoms with Crippen LogP contribution in [-0.4, -0.2) is 6.54 Å². The first-order valence-electron chi connectivity index (χ1n) is 7.25. The summed E-state index contributed by atoms with van der Waals surface area (Å²) in [6.45, 7) is 6.88. The van der Waals surface area contributed by atoms with Crippen molar-refractivity contribution < 1.29 is 8.78 Å². The molecular weight excluding hydrogens is 268 g/mol. The Kier molecular flexibility index (Phi) is 5.07. The van der Waals surface area contributed by atoms with Crippen molar-refractivity contribution in [3.05, 3.63) is 70.3 Å². The average molecular weight is 289 g/mol. The zero-order valence-corrected chi connectivity index (χ0v) is 12.7. The Balaban J connectivity index is 2.32. The molecule has 0 fully saturated rings. The largest absolute Gasteiger partial charge is 0.310 e. The first-order valence-corrected chi connectivity index (χ1v) is 7.25. The topological polar surface area (TPSA) is 12.0 Å². The van der Waals surface area contributed by atoms with Gasteiger partial charge in [0, 0.05) is 6.04 Å². The van der Waals surface area contributed by atoms with E-state index in [1.165, 1.54) is 17.7 Å². The van der Waals surface area contributed by atoms with E-state index in [2.05, 4.69) is 30.4 Å². The molecule has 0 radical (unpaired) electrons. The fourth-order valence-corrected chi connectivity index (χ4v) is 2.67. The Labute approximate surface area is 125 Å². The minimum Gasteiger partial charge on any atom is -0.310 e. The number of nitrogens with one attached hydrogen (secondary N) is 1. The van der Waals surface area contributed by atoms with Crippen LogP contribution < -0.4 is 5.32 Å². The Morgan fingerprint density at radius 2 is 1.81 bits per heavy atom. The second-order valence-corrected chi connectivity index (χ2v) is 5.41. The van der Waals surface area contributed by atoms with Crippen molar-refractivity contribution in [1.29, 1.82) is 0 Å². The summed E-state index contributed by atoms with van der Waals surface area (Å²) >= 11 is 0. The van der Waals surface area contributed by atoms with Crippen LogP contribution in [0, 0.1) is 25.5 Å². The lowest BCUT2D eigenvalue weighted by molar-refractivity contribution is 0.520. The van der Waals surface area contributed by atoms with Gasteiger partial charge < -0.3 is 5.32 Å². The maximum atomic E-state index is 13.9. The van der Waals surface area contributed by atoms with Gasteiger partial charge in [-0.1, -0.05) is 30.7 Å². The van der Waals surface area contributed by atoms with Crippen molar-refractivity contribution >= 4 is 0 Å². The fourth-order valence-electron chi connectivity index (χ4n) is 2.67. The molecule has 0 aliphatic carbocycles. The average Bonchev–Trinajstić information content (AvgIpc) is 2.42. The third-order valence-corrected chi connectivity index (χ3v) is 3.68. The summed E-state index contributed by atoms with van der Waals surface area (Å²) in [7, 11) is 0. The molecule has 2 aromatic carbocycles. The van der Waals surface area contributed by atoms with Gasteiger partial charge in [-0.3, -0.25) is 0 Å². The molecule has 0 amide bonds. The van der Waals surface area contributed by atoms with E-state index < -0.39 is 5.82 Å². The van der Waals surface area contributed by atoms with Gasteiger partial charge in [-0.2, -0.15) is 0 Å². The molecule has 0 saturated heterocycles. The molecular formula is C18H21F2N. The summed E-state index contributed by atoms with van der Waals surface area (Å²) in [4.78, 5) is 0. The molecule has 1 N–H and O–H groups in total. The Bertz CT molecular complexity index is 623. The van der Waals surface area contributed by atoms with Gasteiger partial charge in [0.1, 0.15) is 11.6 Å². The molecule has 0 spiro atoms. The zero-order valence-electron chi connectivity index (χ0n) is 12.7. The highest BCUT2D eigenvalue weighted by atomic mass is 19.1. The molecule has 3 heteroatoms. The van der Waals surface area contributed by atoms with Crippen LogP contribution in [0.3, 0.4) is 0 Å². The molecule has 1 nitrogen and oxygen atoms in total. The molecule has 0 aromatic heterocycles. The third-order valence-electron chi connectivity index (χ3n) is 3.68. The van der Waals surface area contributed by atoms with E-state index in [1.54, 1.807) is 0 Å². The lowest BCUT2D eigenvalue weighted by Crippen LogP contribution is -2.24. The van der Waals surface area contributed by atoms with E-state index in [4.69, 9.17) is 0 Å². The predicted molar refractivity (Wildman–Crippen MR) is 82.4 cm³/mol. The highest BCUT2D eigenvalue weighted by molar-refractivity contribution is 5.34. The van der Waals surface area contributed by atoms with Crippen molar-refractivity contribution in [2.75, 3.05) is 6.54 Å². The maximum Gasteiger partial charge on any atom is 0.126 e. The van der Waals surface area contributed by atoms with Crippen LogP contribution in [0.4, 0.5) is 8.78 Å². The fraction of sp³-hybridized carbons (Fsp3) is 0.333. The van der Waals surface area contributed by atoms with Crippen LogP contribution in [0.25, 0.3) is 0 Å². The van der Waals surface area contributed by atoms with E-state index in [-0.39, 0.29) is 11.9 Å². The van der Waals surface area contributed by atoms with Gasteiger partial charge in [-0.05, 0) is 61.7 Å². The minimum absolute atomic E-state index is 0.0214. The summed E-state index contributed by atoms with van der Waals surface area (Å²) in [6, 6.07) is 9.83. The third kappa shape index (κ3) is 3.88. The van der Waals surface area contributed by atoms with Crippen molar-refractivity contribution in [3.8, 4) is 0 Å². The summed E-state index contributed by atoms with van der Waals surface area (Å²) < 4.78 is 27.2. The van der Waals surface area contributed by atoms with E-state index in [0.29, 0.717) is 12.0 Å². The van der Waals surface area contributed by atoms with E-state index in [1.807, 2.05) is 13.8 Å². The number of halogens is 2. The second kappa shape index (κ2) is 6.81. The van der Waals surface area contributed by atoms with Crippen LogP contribution in [0.2, 0.25) is 0 Å². The molecule has 2 aromatic rings. The van der Waals surface area contributed by atoms with Crippen molar-refractivity contribution in [1.82, 2.24) is 5.32 Å². The second-order valence-electron chi connectivity index (χ2n) is 5.41. The SMILES string of the molecule is CCNC(Cc1cc(F)ccc1F)c1ccc(C)cc1C. The first kappa shape index (κ1) is 15.6. The smallest absolute Gasteiger partial charge is 0.126 e. The predicted octanol–water partition coefficient (Wildman–Crippen LogP) is 4.47. The lowest BCUT2D eigenvalue weighted by Gasteiger charge is -2.21. The van der Waals surface area contributed by atoms with Gasteiger partial charge in [0.15, 0.2) is 0 Å². The normalized spacial score (nSPS) is 12.4. The monoisotopic (exact) mass is 289 g/mol. The quantitative estimate of drug-likeness (QED) is 0.856. The highest BCUT2D eigenvalue weighted by Crippen LogP contribution is 2.24. The molecule has 21 heavy (non-hydrogen) atoms. The van der Waals surface area contributed by atoms with Gasteiger partial charge in [0.25, 0.3) is 0 Å². The summed E-state index contributed by atoms with van der Waals surface area (Å²) in [5.74, 6) is -0.758. The number of hydrogen-bond donors (Lipinski definition) is 1. The highest BCUT2D eigenvalue weighted by Gasteiger charge is 2.16. The number of benzene rings is 2. The van der Waals surface area contributed by atoms with Crippen LogP contribution in [-0.2, 0) is 6.42 Å². The maximum absolute atomic E-state index is 13.9. The molecule has 0 aliphatic heterocycles. The van der Waals surface area contributed by atoms with Crippen LogP contribution in [0.15, 0.2) is 36.4 Å². The van der Waals surface area contributed by atoms with Crippen molar-refractivity contribution in [2.24, 2.45) is 0 Å². The van der Waals surface area contributed by atoms with Gasteiger partial charge in [-0.15, -0.1) is 0 Å². The molecule has 112 valence electrons. The molecule has 1 unspecified atom stereocenters. The van der Waals surface area contributed by atoms with Crippen LogP contribution >= 0.6 is 0 Å². The number of likely N-dealkylation sites (N-methyl/N-ethyl adjacent to an activating group) is 1.